The number of methoxy groups -OCH3 is 1. The van der Waals surface area contributed by atoms with Crippen LogP contribution in [0.25, 0.3) is 11.8 Å². The molecule has 0 saturated carbocycles. The number of carbonyl (C=O) groups excluding carboxylic acids is 1. The number of aliphatic imine (C=N–C) groups is 1. The Morgan fingerprint density at radius 3 is 2.36 bits per heavy atom. The lowest BCUT2D eigenvalue weighted by Crippen LogP contribution is -2.28. The number of aryl methyl sites for hydroxylation is 3. The van der Waals surface area contributed by atoms with E-state index in [2.05, 4.69) is 56.5 Å². The Bertz CT molecular complexity index is 1270. The number of amides is 1. The zero-order valence-corrected chi connectivity index (χ0v) is 20.8. The lowest BCUT2D eigenvalue weighted by atomic mass is 10.1. The Labute approximate surface area is 199 Å². The largest absolute Gasteiger partial charge is 0.497 e. The number of hydrogen-bond acceptors (Lipinski definition) is 4. The van der Waals surface area contributed by atoms with Gasteiger partial charge in [0, 0.05) is 23.6 Å². The molecule has 1 saturated heterocycles. The summed E-state index contributed by atoms with van der Waals surface area (Å²) >= 11 is 1.42. The molecule has 2 heterocycles. The molecule has 1 aliphatic heterocycles. The summed E-state index contributed by atoms with van der Waals surface area (Å²) in [6.45, 7) is 11.0. The van der Waals surface area contributed by atoms with Gasteiger partial charge in [-0.3, -0.25) is 9.69 Å². The molecule has 0 radical (unpaired) electrons. The number of hydrogen-bond donors (Lipinski definition) is 0. The topological polar surface area (TPSA) is 46.8 Å². The normalized spacial score (nSPS) is 16.3. The lowest BCUT2D eigenvalue weighted by Gasteiger charge is -2.12. The molecule has 33 heavy (non-hydrogen) atoms. The van der Waals surface area contributed by atoms with Crippen LogP contribution in [0.15, 0.2) is 58.4 Å². The van der Waals surface area contributed by atoms with Crippen molar-refractivity contribution in [2.24, 2.45) is 4.99 Å². The maximum Gasteiger partial charge on any atom is 0.266 e. The number of carbonyl (C=O) groups is 1. The number of thioether (sulfide) groups is 1. The molecule has 0 unspecified atom stereocenters. The Kier molecular flexibility index (Phi) is 6.47. The molecule has 0 atom stereocenters. The van der Waals surface area contributed by atoms with Gasteiger partial charge in [-0.2, -0.15) is 0 Å². The first-order valence-corrected chi connectivity index (χ1v) is 11.8. The van der Waals surface area contributed by atoms with E-state index in [0.717, 1.165) is 34.1 Å². The van der Waals surface area contributed by atoms with Gasteiger partial charge in [0.25, 0.3) is 5.91 Å². The third-order valence-corrected chi connectivity index (χ3v) is 7.01. The molecule has 5 nitrogen and oxygen atoms in total. The van der Waals surface area contributed by atoms with Gasteiger partial charge in [0.2, 0.25) is 0 Å². The average Bonchev–Trinajstić information content (AvgIpc) is 3.25. The Morgan fingerprint density at radius 2 is 1.73 bits per heavy atom. The summed E-state index contributed by atoms with van der Waals surface area (Å²) in [6, 6.07) is 16.2. The highest BCUT2D eigenvalue weighted by Gasteiger charge is 2.32. The van der Waals surface area contributed by atoms with Crippen LogP contribution in [0.1, 0.15) is 35.0 Å². The number of nitrogens with zero attached hydrogens (tertiary/aromatic N) is 3. The van der Waals surface area contributed by atoms with Gasteiger partial charge >= 0.3 is 0 Å². The fourth-order valence-corrected chi connectivity index (χ4v) is 5.03. The maximum atomic E-state index is 13.1. The van der Waals surface area contributed by atoms with E-state index in [4.69, 9.17) is 9.73 Å². The SMILES string of the molecule is CCN1C(=O)/C(=C\c2cc(C)n(-c3ccc(C)c(C)c3)c2C)SC1=Nc1ccc(OC)cc1. The molecule has 6 heteroatoms. The van der Waals surface area contributed by atoms with Crippen LogP contribution in [0.2, 0.25) is 0 Å². The van der Waals surface area contributed by atoms with E-state index in [1.807, 2.05) is 37.3 Å². The Morgan fingerprint density at radius 1 is 1.00 bits per heavy atom. The van der Waals surface area contributed by atoms with Crippen LogP contribution >= 0.6 is 11.8 Å². The average molecular weight is 460 g/mol. The third-order valence-electron chi connectivity index (χ3n) is 6.01. The van der Waals surface area contributed by atoms with Gasteiger partial charge in [-0.1, -0.05) is 6.07 Å². The molecule has 0 spiro atoms. The lowest BCUT2D eigenvalue weighted by molar-refractivity contribution is -0.122. The molecule has 170 valence electrons. The summed E-state index contributed by atoms with van der Waals surface area (Å²) in [7, 11) is 1.64. The van der Waals surface area contributed by atoms with Gasteiger partial charge in [-0.15, -0.1) is 0 Å². The van der Waals surface area contributed by atoms with Crippen molar-refractivity contribution >= 4 is 34.6 Å². The second kappa shape index (κ2) is 9.32. The molecule has 0 bridgehead atoms. The molecule has 3 aromatic rings. The van der Waals surface area contributed by atoms with Crippen LogP contribution in [0.3, 0.4) is 0 Å². The van der Waals surface area contributed by atoms with Crippen molar-refractivity contribution in [3.05, 3.63) is 81.5 Å². The highest BCUT2D eigenvalue weighted by Crippen LogP contribution is 2.35. The summed E-state index contributed by atoms with van der Waals surface area (Å²) in [5.74, 6) is 0.770. The summed E-state index contributed by atoms with van der Waals surface area (Å²) in [4.78, 5) is 20.3. The van der Waals surface area contributed by atoms with Crippen LogP contribution in [0.4, 0.5) is 5.69 Å². The number of benzene rings is 2. The molecule has 1 amide bonds. The summed E-state index contributed by atoms with van der Waals surface area (Å²) in [5, 5.41) is 0.696. The highest BCUT2D eigenvalue weighted by atomic mass is 32.2. The highest BCUT2D eigenvalue weighted by molar-refractivity contribution is 8.18. The Hall–Kier alpha value is -3.25. The second-order valence-corrected chi connectivity index (χ2v) is 9.19. The minimum atomic E-state index is -0.00857. The van der Waals surface area contributed by atoms with Crippen molar-refractivity contribution < 1.29 is 9.53 Å². The number of rotatable bonds is 5. The molecule has 4 rings (SSSR count). The van der Waals surface area contributed by atoms with E-state index in [9.17, 15) is 4.79 Å². The summed E-state index contributed by atoms with van der Waals surface area (Å²) in [5.41, 5.74) is 7.76. The van der Waals surface area contributed by atoms with Crippen molar-refractivity contribution in [2.75, 3.05) is 13.7 Å². The molecular weight excluding hydrogens is 430 g/mol. The van der Waals surface area contributed by atoms with Crippen LogP contribution in [0.5, 0.6) is 5.75 Å². The van der Waals surface area contributed by atoms with Gasteiger partial charge in [0.1, 0.15) is 5.75 Å². The van der Waals surface area contributed by atoms with Crippen molar-refractivity contribution in [3.8, 4) is 11.4 Å². The molecule has 0 aliphatic carbocycles. The molecule has 1 aliphatic rings. The number of ether oxygens (including phenoxy) is 1. The van der Waals surface area contributed by atoms with Gasteiger partial charge in [0.05, 0.1) is 17.7 Å². The summed E-state index contributed by atoms with van der Waals surface area (Å²) in [6.07, 6.45) is 1.99. The smallest absolute Gasteiger partial charge is 0.266 e. The number of likely N-dealkylation sites (N-methyl/N-ethyl adjacent to an activating group) is 1. The first-order chi connectivity index (χ1) is 15.8. The van der Waals surface area contributed by atoms with E-state index < -0.39 is 0 Å². The summed E-state index contributed by atoms with van der Waals surface area (Å²) < 4.78 is 7.46. The van der Waals surface area contributed by atoms with Crippen molar-refractivity contribution in [1.29, 1.82) is 0 Å². The van der Waals surface area contributed by atoms with Crippen molar-refractivity contribution in [2.45, 2.75) is 34.6 Å². The quantitative estimate of drug-likeness (QED) is 0.418. The monoisotopic (exact) mass is 459 g/mol. The number of amidine groups is 1. The predicted molar refractivity (Wildman–Crippen MR) is 138 cm³/mol. The Balaban J connectivity index is 1.68. The second-order valence-electron chi connectivity index (χ2n) is 8.18. The van der Waals surface area contributed by atoms with Crippen LogP contribution in [-0.4, -0.2) is 34.2 Å². The predicted octanol–water partition coefficient (Wildman–Crippen LogP) is 6.34. The zero-order chi connectivity index (χ0) is 23.7. The van der Waals surface area contributed by atoms with E-state index in [-0.39, 0.29) is 5.91 Å². The van der Waals surface area contributed by atoms with Gasteiger partial charge in [0.15, 0.2) is 5.17 Å². The standard InChI is InChI=1S/C27H29N3O2S/c1-7-29-26(31)25(33-27(29)28-22-9-12-24(32-6)13-10-22)16-21-15-19(4)30(20(21)5)23-11-8-17(2)18(3)14-23/h8-16H,7H2,1-6H3/b25-16+,28-27?. The molecule has 1 fully saturated rings. The van der Waals surface area contributed by atoms with Crippen LogP contribution < -0.4 is 4.74 Å². The number of aromatic nitrogens is 1. The fraction of sp³-hybridized carbons (Fsp3) is 0.259. The van der Waals surface area contributed by atoms with E-state index in [0.29, 0.717) is 16.6 Å². The van der Waals surface area contributed by atoms with Gasteiger partial charge in [-0.05, 0) is 112 Å². The van der Waals surface area contributed by atoms with Crippen molar-refractivity contribution in [3.63, 3.8) is 0 Å². The van der Waals surface area contributed by atoms with Gasteiger partial charge in [-0.25, -0.2) is 4.99 Å². The van der Waals surface area contributed by atoms with Crippen LogP contribution in [0, 0.1) is 27.7 Å². The first kappa shape index (κ1) is 22.9. The van der Waals surface area contributed by atoms with Crippen LogP contribution in [-0.2, 0) is 4.79 Å². The minimum absolute atomic E-state index is 0.00857. The third kappa shape index (κ3) is 4.48. The van der Waals surface area contributed by atoms with Crippen molar-refractivity contribution in [1.82, 2.24) is 9.47 Å². The van der Waals surface area contributed by atoms with Gasteiger partial charge < -0.3 is 9.30 Å². The molecule has 0 N–H and O–H groups in total. The fourth-order valence-electron chi connectivity index (χ4n) is 3.97. The zero-order valence-electron chi connectivity index (χ0n) is 20.0. The molecule has 2 aromatic carbocycles. The first-order valence-electron chi connectivity index (χ1n) is 11.0. The van der Waals surface area contributed by atoms with E-state index in [1.165, 1.54) is 22.9 Å². The maximum absolute atomic E-state index is 13.1. The molecular formula is C27H29N3O2S. The molecule has 1 aromatic heterocycles. The van der Waals surface area contributed by atoms with E-state index in [1.54, 1.807) is 12.0 Å². The van der Waals surface area contributed by atoms with E-state index >= 15 is 0 Å². The minimum Gasteiger partial charge on any atom is -0.497 e.